The highest BCUT2D eigenvalue weighted by Crippen LogP contribution is 2.29. The minimum atomic E-state index is 0.623. The van der Waals surface area contributed by atoms with E-state index in [1.807, 2.05) is 0 Å². The van der Waals surface area contributed by atoms with Gasteiger partial charge in [-0.2, -0.15) is 5.10 Å². The highest BCUT2D eigenvalue weighted by atomic mass is 127. The molecule has 4 heteroatoms. The van der Waals surface area contributed by atoms with Crippen molar-refractivity contribution in [3.8, 4) is 0 Å². The van der Waals surface area contributed by atoms with Gasteiger partial charge in [0.15, 0.2) is 0 Å². The van der Waals surface area contributed by atoms with Crippen LogP contribution in [0.15, 0.2) is 6.20 Å². The zero-order chi connectivity index (χ0) is 9.97. The lowest BCUT2D eigenvalue weighted by molar-refractivity contribution is 0.179. The Morgan fingerprint density at radius 3 is 2.93 bits per heavy atom. The first kappa shape index (κ1) is 10.4. The molecule has 1 aromatic rings. The van der Waals surface area contributed by atoms with Gasteiger partial charge in [-0.3, -0.25) is 4.68 Å². The Bertz CT molecular complexity index is 305. The van der Waals surface area contributed by atoms with Crippen molar-refractivity contribution in [2.75, 3.05) is 7.11 Å². The summed E-state index contributed by atoms with van der Waals surface area (Å²) in [7, 11) is 1.71. The highest BCUT2D eigenvalue weighted by molar-refractivity contribution is 14.1. The summed E-state index contributed by atoms with van der Waals surface area (Å²) in [5.74, 6) is 0. The molecule has 0 aromatic carbocycles. The van der Waals surface area contributed by atoms with E-state index in [9.17, 15) is 0 Å². The van der Waals surface area contributed by atoms with Gasteiger partial charge in [0.2, 0.25) is 0 Å². The van der Waals surface area contributed by atoms with Gasteiger partial charge in [-0.25, -0.2) is 0 Å². The van der Waals surface area contributed by atoms with Gasteiger partial charge in [0.05, 0.1) is 16.2 Å². The standard InChI is InChI=1S/C10H15IN2O/c1-14-7-10-9(11)6-13(12-10)8-4-2-3-5-8/h6,8H,2-5,7H2,1H3. The Kier molecular flexibility index (Phi) is 3.43. The summed E-state index contributed by atoms with van der Waals surface area (Å²) >= 11 is 2.33. The first-order valence-electron chi connectivity index (χ1n) is 5.03. The van der Waals surface area contributed by atoms with E-state index >= 15 is 0 Å². The van der Waals surface area contributed by atoms with Crippen molar-refractivity contribution in [1.29, 1.82) is 0 Å². The third-order valence-electron chi connectivity index (χ3n) is 2.74. The number of methoxy groups -OCH3 is 1. The SMILES string of the molecule is COCc1nn(C2CCCC2)cc1I. The van der Waals surface area contributed by atoms with E-state index in [-0.39, 0.29) is 0 Å². The van der Waals surface area contributed by atoms with Crippen LogP contribution in [0.5, 0.6) is 0 Å². The summed E-state index contributed by atoms with van der Waals surface area (Å²) < 4.78 is 8.45. The summed E-state index contributed by atoms with van der Waals surface area (Å²) in [6.45, 7) is 0.623. The molecule has 0 amide bonds. The molecule has 0 spiro atoms. The van der Waals surface area contributed by atoms with Gasteiger partial charge in [-0.15, -0.1) is 0 Å². The molecular weight excluding hydrogens is 291 g/mol. The number of aromatic nitrogens is 2. The van der Waals surface area contributed by atoms with E-state index < -0.39 is 0 Å². The normalized spacial score (nSPS) is 17.9. The molecule has 1 saturated carbocycles. The highest BCUT2D eigenvalue weighted by Gasteiger charge is 2.18. The average molecular weight is 306 g/mol. The van der Waals surface area contributed by atoms with Gasteiger partial charge in [0.25, 0.3) is 0 Å². The molecule has 14 heavy (non-hydrogen) atoms. The summed E-state index contributed by atoms with van der Waals surface area (Å²) in [6.07, 6.45) is 7.40. The van der Waals surface area contributed by atoms with Gasteiger partial charge in [0.1, 0.15) is 5.69 Å². The molecule has 0 unspecified atom stereocenters. The van der Waals surface area contributed by atoms with Gasteiger partial charge in [-0.05, 0) is 35.4 Å². The third kappa shape index (κ3) is 2.11. The lowest BCUT2D eigenvalue weighted by Crippen LogP contribution is -2.05. The van der Waals surface area contributed by atoms with Crippen molar-refractivity contribution in [3.05, 3.63) is 15.5 Å². The molecule has 0 saturated heterocycles. The van der Waals surface area contributed by atoms with Crippen LogP contribution in [0.1, 0.15) is 37.4 Å². The molecule has 0 aliphatic heterocycles. The van der Waals surface area contributed by atoms with Crippen molar-refractivity contribution in [1.82, 2.24) is 9.78 Å². The molecule has 0 N–H and O–H groups in total. The van der Waals surface area contributed by atoms with Crippen molar-refractivity contribution in [3.63, 3.8) is 0 Å². The second-order valence-corrected chi connectivity index (χ2v) is 4.94. The van der Waals surface area contributed by atoms with Gasteiger partial charge >= 0.3 is 0 Å². The Morgan fingerprint density at radius 1 is 1.57 bits per heavy atom. The topological polar surface area (TPSA) is 27.1 Å². The van der Waals surface area contributed by atoms with Crippen LogP contribution >= 0.6 is 22.6 Å². The molecule has 3 nitrogen and oxygen atoms in total. The predicted molar refractivity (Wildman–Crippen MR) is 63.2 cm³/mol. The molecule has 0 atom stereocenters. The predicted octanol–water partition coefficient (Wildman–Crippen LogP) is 2.75. The summed E-state index contributed by atoms with van der Waals surface area (Å²) in [4.78, 5) is 0. The van der Waals surface area contributed by atoms with Crippen molar-refractivity contribution >= 4 is 22.6 Å². The van der Waals surface area contributed by atoms with Crippen molar-refractivity contribution < 1.29 is 4.74 Å². The largest absolute Gasteiger partial charge is 0.378 e. The Balaban J connectivity index is 2.14. The Morgan fingerprint density at radius 2 is 2.29 bits per heavy atom. The lowest BCUT2D eigenvalue weighted by Gasteiger charge is -2.08. The van der Waals surface area contributed by atoms with Crippen LogP contribution in [0.2, 0.25) is 0 Å². The number of halogens is 1. The number of nitrogens with zero attached hydrogens (tertiary/aromatic N) is 2. The maximum Gasteiger partial charge on any atom is 0.101 e. The van der Waals surface area contributed by atoms with E-state index in [0.717, 1.165) is 5.69 Å². The molecule has 2 rings (SSSR count). The molecule has 0 bridgehead atoms. The minimum absolute atomic E-state index is 0.623. The van der Waals surface area contributed by atoms with E-state index in [1.165, 1.54) is 29.3 Å². The Labute approximate surface area is 98.0 Å². The first-order chi connectivity index (χ1) is 6.81. The first-order valence-corrected chi connectivity index (χ1v) is 6.11. The maximum absolute atomic E-state index is 5.10. The molecule has 78 valence electrons. The second-order valence-electron chi connectivity index (χ2n) is 3.78. The molecule has 1 aliphatic rings. The third-order valence-corrected chi connectivity index (χ3v) is 3.64. The van der Waals surface area contributed by atoms with Gasteiger partial charge in [0, 0.05) is 13.3 Å². The van der Waals surface area contributed by atoms with Crippen LogP contribution in [-0.4, -0.2) is 16.9 Å². The number of hydrogen-bond donors (Lipinski definition) is 0. The van der Waals surface area contributed by atoms with Crippen molar-refractivity contribution in [2.24, 2.45) is 0 Å². The molecule has 1 aromatic heterocycles. The lowest BCUT2D eigenvalue weighted by atomic mass is 10.3. The monoisotopic (exact) mass is 306 g/mol. The molecule has 1 aliphatic carbocycles. The average Bonchev–Trinajstić information content (AvgIpc) is 2.76. The van der Waals surface area contributed by atoms with E-state index in [2.05, 4.69) is 38.6 Å². The quantitative estimate of drug-likeness (QED) is 0.803. The van der Waals surface area contributed by atoms with Crippen LogP contribution in [0.25, 0.3) is 0 Å². The van der Waals surface area contributed by atoms with E-state index in [4.69, 9.17) is 4.74 Å². The van der Waals surface area contributed by atoms with Crippen LogP contribution < -0.4 is 0 Å². The van der Waals surface area contributed by atoms with Crippen LogP contribution in [0, 0.1) is 3.57 Å². The van der Waals surface area contributed by atoms with Crippen molar-refractivity contribution in [2.45, 2.75) is 38.3 Å². The summed E-state index contributed by atoms with van der Waals surface area (Å²) in [5.41, 5.74) is 1.07. The van der Waals surface area contributed by atoms with E-state index in [0.29, 0.717) is 12.6 Å². The number of ether oxygens (including phenoxy) is 1. The van der Waals surface area contributed by atoms with Gasteiger partial charge < -0.3 is 4.74 Å². The molecular formula is C10H15IN2O. The summed E-state index contributed by atoms with van der Waals surface area (Å²) in [5, 5.41) is 4.57. The fraction of sp³-hybridized carbons (Fsp3) is 0.700. The molecule has 1 heterocycles. The summed E-state index contributed by atoms with van der Waals surface area (Å²) in [6, 6.07) is 0.633. The van der Waals surface area contributed by atoms with E-state index in [1.54, 1.807) is 7.11 Å². The van der Waals surface area contributed by atoms with Gasteiger partial charge in [-0.1, -0.05) is 12.8 Å². The number of hydrogen-bond acceptors (Lipinski definition) is 2. The maximum atomic E-state index is 5.10. The fourth-order valence-electron chi connectivity index (χ4n) is 2.00. The zero-order valence-corrected chi connectivity index (χ0v) is 10.5. The Hall–Kier alpha value is -0.100. The smallest absolute Gasteiger partial charge is 0.101 e. The minimum Gasteiger partial charge on any atom is -0.378 e. The van der Waals surface area contributed by atoms with Crippen LogP contribution in [-0.2, 0) is 11.3 Å². The zero-order valence-electron chi connectivity index (χ0n) is 8.37. The van der Waals surface area contributed by atoms with Crippen LogP contribution in [0.4, 0.5) is 0 Å². The molecule has 0 radical (unpaired) electrons. The molecule has 1 fully saturated rings. The second kappa shape index (κ2) is 4.61. The van der Waals surface area contributed by atoms with Crippen LogP contribution in [0.3, 0.4) is 0 Å². The fourth-order valence-corrected chi connectivity index (χ4v) is 2.55. The number of rotatable bonds is 3.